The number of aryl methyl sites for hydroxylation is 1. The molecule has 0 saturated heterocycles. The van der Waals surface area contributed by atoms with Gasteiger partial charge in [-0.2, -0.15) is 0 Å². The highest BCUT2D eigenvalue weighted by Gasteiger charge is 2.59. The number of rotatable bonds is 5. The summed E-state index contributed by atoms with van der Waals surface area (Å²) in [6.07, 6.45) is 5.46. The van der Waals surface area contributed by atoms with E-state index in [-0.39, 0.29) is 0 Å². The second-order valence-corrected chi connectivity index (χ2v) is 6.87. The maximum Gasteiger partial charge on any atom is 0.133 e. The number of nitrogens with one attached hydrogen (secondary N) is 1. The Morgan fingerprint density at radius 1 is 1.38 bits per heavy atom. The third kappa shape index (κ3) is 2.54. The molecule has 2 aliphatic rings. The summed E-state index contributed by atoms with van der Waals surface area (Å²) in [4.78, 5) is 9.21. The fourth-order valence-corrected chi connectivity index (χ4v) is 3.74. The van der Waals surface area contributed by atoms with Crippen molar-refractivity contribution in [1.29, 1.82) is 0 Å². The Kier molecular flexibility index (Phi) is 3.91. The first-order chi connectivity index (χ1) is 10.0. The van der Waals surface area contributed by atoms with Crippen molar-refractivity contribution >= 4 is 5.82 Å². The maximum absolute atomic E-state index is 5.92. The molecule has 0 radical (unpaired) electrons. The highest BCUT2D eigenvalue weighted by atomic mass is 16.5. The third-order valence-electron chi connectivity index (χ3n) is 5.15. The molecular formula is C17H27N3O. The molecule has 1 spiro atoms. The Bertz CT molecular complexity index is 511. The van der Waals surface area contributed by atoms with Gasteiger partial charge in [0.25, 0.3) is 0 Å². The molecule has 116 valence electrons. The Hall–Kier alpha value is -1.16. The minimum atomic E-state index is 0.362. The Labute approximate surface area is 127 Å². The molecule has 21 heavy (non-hydrogen) atoms. The fourth-order valence-electron chi connectivity index (χ4n) is 3.74. The van der Waals surface area contributed by atoms with Crippen LogP contribution in [0, 0.1) is 12.3 Å². The van der Waals surface area contributed by atoms with Crippen LogP contribution in [0.3, 0.4) is 0 Å². The lowest BCUT2D eigenvalue weighted by atomic mass is 9.51. The zero-order valence-electron chi connectivity index (χ0n) is 13.6. The van der Waals surface area contributed by atoms with Crippen LogP contribution in [-0.4, -0.2) is 28.7 Å². The number of hydrogen-bond acceptors (Lipinski definition) is 4. The Morgan fingerprint density at radius 3 is 2.71 bits per heavy atom. The molecule has 2 saturated carbocycles. The van der Waals surface area contributed by atoms with E-state index >= 15 is 0 Å². The first kappa shape index (κ1) is 14.8. The lowest BCUT2D eigenvalue weighted by Gasteiger charge is -2.61. The lowest BCUT2D eigenvalue weighted by Crippen LogP contribution is -2.64. The standard InChI is InChI=1S/C17H27N3O/c1-5-21-14-10-13(17(14)7-6-8-17)19-15-9-12(4)18-16(20-15)11(2)3/h9,11,13-14H,5-8,10H2,1-4H3,(H,18,19,20). The summed E-state index contributed by atoms with van der Waals surface area (Å²) in [5.41, 5.74) is 1.41. The molecule has 0 amide bonds. The minimum Gasteiger partial charge on any atom is -0.378 e. The van der Waals surface area contributed by atoms with Gasteiger partial charge in [-0.3, -0.25) is 0 Å². The third-order valence-corrected chi connectivity index (χ3v) is 5.15. The molecule has 2 aliphatic carbocycles. The van der Waals surface area contributed by atoms with E-state index in [4.69, 9.17) is 4.74 Å². The molecule has 4 nitrogen and oxygen atoms in total. The predicted molar refractivity (Wildman–Crippen MR) is 84.6 cm³/mol. The van der Waals surface area contributed by atoms with E-state index in [1.54, 1.807) is 0 Å². The summed E-state index contributed by atoms with van der Waals surface area (Å²) in [5, 5.41) is 3.66. The van der Waals surface area contributed by atoms with Gasteiger partial charge >= 0.3 is 0 Å². The summed E-state index contributed by atoms with van der Waals surface area (Å²) in [6.45, 7) is 9.24. The van der Waals surface area contributed by atoms with Crippen LogP contribution in [0.25, 0.3) is 0 Å². The smallest absolute Gasteiger partial charge is 0.133 e. The quantitative estimate of drug-likeness (QED) is 0.898. The summed E-state index contributed by atoms with van der Waals surface area (Å²) >= 11 is 0. The highest BCUT2D eigenvalue weighted by molar-refractivity contribution is 5.40. The van der Waals surface area contributed by atoms with Crippen molar-refractivity contribution in [2.75, 3.05) is 11.9 Å². The zero-order chi connectivity index (χ0) is 15.0. The van der Waals surface area contributed by atoms with E-state index in [1.807, 2.05) is 6.92 Å². The van der Waals surface area contributed by atoms with Crippen LogP contribution in [0.1, 0.15) is 63.9 Å². The van der Waals surface area contributed by atoms with Crippen molar-refractivity contribution in [2.24, 2.45) is 5.41 Å². The molecular weight excluding hydrogens is 262 g/mol. The molecule has 3 rings (SSSR count). The SMILES string of the molecule is CCOC1CC(Nc2cc(C)nc(C(C)C)n2)C12CCC2. The van der Waals surface area contributed by atoms with Crippen molar-refractivity contribution in [3.8, 4) is 0 Å². The minimum absolute atomic E-state index is 0.362. The van der Waals surface area contributed by atoms with E-state index in [0.717, 1.165) is 30.4 Å². The molecule has 0 aromatic carbocycles. The van der Waals surface area contributed by atoms with Gasteiger partial charge in [-0.15, -0.1) is 0 Å². The molecule has 0 aliphatic heterocycles. The second kappa shape index (κ2) is 5.56. The van der Waals surface area contributed by atoms with Gasteiger partial charge in [-0.05, 0) is 33.1 Å². The summed E-state index contributed by atoms with van der Waals surface area (Å²) in [7, 11) is 0. The second-order valence-electron chi connectivity index (χ2n) is 6.87. The number of aromatic nitrogens is 2. The van der Waals surface area contributed by atoms with Crippen LogP contribution in [0.15, 0.2) is 6.07 Å². The van der Waals surface area contributed by atoms with E-state index in [0.29, 0.717) is 23.5 Å². The van der Waals surface area contributed by atoms with Crippen LogP contribution in [0.2, 0.25) is 0 Å². The topological polar surface area (TPSA) is 47.0 Å². The van der Waals surface area contributed by atoms with Crippen molar-refractivity contribution in [1.82, 2.24) is 9.97 Å². The fraction of sp³-hybridized carbons (Fsp3) is 0.765. The maximum atomic E-state index is 5.92. The predicted octanol–water partition coefficient (Wildman–Crippen LogP) is 3.67. The molecule has 1 aromatic heterocycles. The molecule has 4 heteroatoms. The van der Waals surface area contributed by atoms with Gasteiger partial charge in [0.15, 0.2) is 0 Å². The van der Waals surface area contributed by atoms with Crippen molar-refractivity contribution in [3.05, 3.63) is 17.6 Å². The van der Waals surface area contributed by atoms with Crippen molar-refractivity contribution in [2.45, 2.75) is 71.4 Å². The van der Waals surface area contributed by atoms with Crippen LogP contribution in [0.4, 0.5) is 5.82 Å². The summed E-state index contributed by atoms with van der Waals surface area (Å²) in [6, 6.07) is 2.57. The van der Waals surface area contributed by atoms with Crippen molar-refractivity contribution < 1.29 is 4.74 Å². The molecule has 2 unspecified atom stereocenters. The van der Waals surface area contributed by atoms with Gasteiger partial charge in [0.05, 0.1) is 6.10 Å². The van der Waals surface area contributed by atoms with Gasteiger partial charge in [0, 0.05) is 35.7 Å². The average Bonchev–Trinajstić information content (AvgIpc) is 2.34. The van der Waals surface area contributed by atoms with Crippen molar-refractivity contribution in [3.63, 3.8) is 0 Å². The molecule has 2 atom stereocenters. The zero-order valence-corrected chi connectivity index (χ0v) is 13.6. The first-order valence-corrected chi connectivity index (χ1v) is 8.29. The number of hydrogen-bond donors (Lipinski definition) is 1. The van der Waals surface area contributed by atoms with E-state index < -0.39 is 0 Å². The molecule has 1 N–H and O–H groups in total. The largest absolute Gasteiger partial charge is 0.378 e. The normalized spacial score (nSPS) is 26.5. The number of nitrogens with zero attached hydrogens (tertiary/aromatic N) is 2. The number of anilines is 1. The van der Waals surface area contributed by atoms with Crippen LogP contribution >= 0.6 is 0 Å². The molecule has 2 fully saturated rings. The molecule has 0 bridgehead atoms. The van der Waals surface area contributed by atoms with Gasteiger partial charge in [0.2, 0.25) is 0 Å². The highest BCUT2D eigenvalue weighted by Crippen LogP contribution is 2.58. The van der Waals surface area contributed by atoms with E-state index in [2.05, 4.69) is 42.1 Å². The average molecular weight is 289 g/mol. The van der Waals surface area contributed by atoms with E-state index in [1.165, 1.54) is 19.3 Å². The van der Waals surface area contributed by atoms with Crippen LogP contribution in [-0.2, 0) is 4.74 Å². The van der Waals surface area contributed by atoms with Gasteiger partial charge in [0.1, 0.15) is 11.6 Å². The molecule has 1 heterocycles. The lowest BCUT2D eigenvalue weighted by molar-refractivity contribution is -0.157. The summed E-state index contributed by atoms with van der Waals surface area (Å²) in [5.74, 6) is 2.28. The molecule has 1 aromatic rings. The monoisotopic (exact) mass is 289 g/mol. The first-order valence-electron chi connectivity index (χ1n) is 8.29. The van der Waals surface area contributed by atoms with Gasteiger partial charge in [-0.25, -0.2) is 9.97 Å². The Balaban J connectivity index is 1.73. The van der Waals surface area contributed by atoms with Crippen LogP contribution in [0.5, 0.6) is 0 Å². The van der Waals surface area contributed by atoms with Crippen LogP contribution < -0.4 is 5.32 Å². The Morgan fingerprint density at radius 2 is 2.14 bits per heavy atom. The summed E-state index contributed by atoms with van der Waals surface area (Å²) < 4.78 is 5.92. The number of ether oxygens (including phenoxy) is 1. The van der Waals surface area contributed by atoms with Gasteiger partial charge in [-0.1, -0.05) is 20.3 Å². The van der Waals surface area contributed by atoms with E-state index in [9.17, 15) is 0 Å². The van der Waals surface area contributed by atoms with Gasteiger partial charge < -0.3 is 10.1 Å².